The normalized spacial score (nSPS) is 20.2. The van der Waals surface area contributed by atoms with Gasteiger partial charge in [0.05, 0.1) is 28.1 Å². The molecule has 0 radical (unpaired) electrons. The van der Waals surface area contributed by atoms with Gasteiger partial charge in [-0.15, -0.1) is 0 Å². The summed E-state index contributed by atoms with van der Waals surface area (Å²) in [6.45, 7) is 8.24. The molecule has 0 unspecified atom stereocenters. The van der Waals surface area contributed by atoms with Gasteiger partial charge in [0.2, 0.25) is 0 Å². The van der Waals surface area contributed by atoms with Crippen LogP contribution in [-0.4, -0.2) is 29.6 Å². The van der Waals surface area contributed by atoms with Gasteiger partial charge in [0.25, 0.3) is 0 Å². The second-order valence-corrected chi connectivity index (χ2v) is 12.3. The highest BCUT2D eigenvalue weighted by molar-refractivity contribution is 7.89. The minimum Gasteiger partial charge on any atom is -0.304 e. The molecule has 0 fully saturated rings. The van der Waals surface area contributed by atoms with Crippen molar-refractivity contribution < 1.29 is 17.2 Å². The summed E-state index contributed by atoms with van der Waals surface area (Å²) in [5.41, 5.74) is 10.5. The lowest BCUT2D eigenvalue weighted by molar-refractivity contribution is 0.318. The maximum Gasteiger partial charge on any atom is 0.154 e. The van der Waals surface area contributed by atoms with Gasteiger partial charge in [-0.2, -0.15) is 0 Å². The van der Waals surface area contributed by atoms with Crippen LogP contribution in [0.4, 0.5) is 8.78 Å². The molecular formula is C31H37F2N5O2S. The van der Waals surface area contributed by atoms with Gasteiger partial charge in [0, 0.05) is 29.9 Å². The van der Waals surface area contributed by atoms with Crippen LogP contribution in [0.2, 0.25) is 0 Å². The summed E-state index contributed by atoms with van der Waals surface area (Å²) in [7, 11) is -3.24. The Balaban J connectivity index is 0.00000189. The largest absolute Gasteiger partial charge is 0.304 e. The number of hydrazine groups is 1. The third kappa shape index (κ3) is 6.17. The van der Waals surface area contributed by atoms with Crippen LogP contribution in [0.5, 0.6) is 0 Å². The molecule has 3 aromatic rings. The molecule has 0 saturated carbocycles. The van der Waals surface area contributed by atoms with Crippen LogP contribution in [0.3, 0.4) is 0 Å². The van der Waals surface area contributed by atoms with E-state index in [1.165, 1.54) is 18.2 Å². The average Bonchev–Trinajstić information content (AvgIpc) is 2.97. The van der Waals surface area contributed by atoms with Crippen molar-refractivity contribution in [2.24, 2.45) is 5.92 Å². The third-order valence-corrected chi connectivity index (χ3v) is 8.49. The first-order chi connectivity index (χ1) is 19.6. The topological polar surface area (TPSA) is 96.9 Å². The van der Waals surface area contributed by atoms with E-state index >= 15 is 0 Å². The molecule has 0 saturated heterocycles. The minimum atomic E-state index is -3.24. The lowest BCUT2D eigenvalue weighted by Gasteiger charge is -2.45. The molecule has 0 spiro atoms. The van der Waals surface area contributed by atoms with E-state index in [0.29, 0.717) is 17.0 Å². The molecule has 3 heterocycles. The van der Waals surface area contributed by atoms with Gasteiger partial charge in [0.1, 0.15) is 23.2 Å². The molecule has 0 amide bonds. The van der Waals surface area contributed by atoms with E-state index in [1.54, 1.807) is 12.4 Å². The van der Waals surface area contributed by atoms with E-state index in [-0.39, 0.29) is 23.1 Å². The minimum absolute atomic E-state index is 0.0847. The first-order valence-electron chi connectivity index (χ1n) is 14.0. The van der Waals surface area contributed by atoms with E-state index in [2.05, 4.69) is 34.7 Å². The molecule has 2 aliphatic rings. The van der Waals surface area contributed by atoms with E-state index in [4.69, 9.17) is 4.98 Å². The first-order valence-corrected chi connectivity index (χ1v) is 16.1. The molecule has 2 aromatic heterocycles. The summed E-state index contributed by atoms with van der Waals surface area (Å²) < 4.78 is 52.4. The van der Waals surface area contributed by atoms with Crippen molar-refractivity contribution in [3.8, 4) is 11.3 Å². The van der Waals surface area contributed by atoms with Crippen molar-refractivity contribution >= 4 is 15.5 Å². The van der Waals surface area contributed by atoms with Crippen LogP contribution in [0.25, 0.3) is 17.0 Å². The lowest BCUT2D eigenvalue weighted by Crippen LogP contribution is -2.47. The lowest BCUT2D eigenvalue weighted by atomic mass is 9.65. The van der Waals surface area contributed by atoms with E-state index in [0.717, 1.165) is 48.9 Å². The fourth-order valence-electron chi connectivity index (χ4n) is 5.65. The molecule has 1 aromatic carbocycles. The van der Waals surface area contributed by atoms with E-state index in [9.17, 15) is 17.2 Å². The van der Waals surface area contributed by atoms with Gasteiger partial charge in [0.15, 0.2) is 9.84 Å². The maximum absolute atomic E-state index is 14.6. The number of allylic oxidation sites excluding steroid dienone is 3. The van der Waals surface area contributed by atoms with Crippen LogP contribution >= 0.6 is 0 Å². The van der Waals surface area contributed by atoms with Gasteiger partial charge >= 0.3 is 0 Å². The molecule has 0 bridgehead atoms. The Morgan fingerprint density at radius 1 is 1.00 bits per heavy atom. The van der Waals surface area contributed by atoms with Gasteiger partial charge in [-0.3, -0.25) is 4.98 Å². The summed E-state index contributed by atoms with van der Waals surface area (Å²) in [5, 5.41) is 0. The predicted octanol–water partition coefficient (Wildman–Crippen LogP) is 6.26. The number of hydrogen-bond donors (Lipinski definition) is 2. The molecule has 41 heavy (non-hydrogen) atoms. The van der Waals surface area contributed by atoms with E-state index in [1.807, 2.05) is 38.1 Å². The Kier molecular flexibility index (Phi) is 9.21. The molecule has 2 atom stereocenters. The molecule has 10 heteroatoms. The zero-order chi connectivity index (χ0) is 29.8. The molecule has 1 aliphatic heterocycles. The zero-order valence-electron chi connectivity index (χ0n) is 24.1. The van der Waals surface area contributed by atoms with Crippen molar-refractivity contribution in [1.82, 2.24) is 25.8 Å². The fraction of sp³-hybridized carbons (Fsp3) is 0.387. The summed E-state index contributed by atoms with van der Waals surface area (Å²) in [5.74, 6) is -0.992. The highest BCUT2D eigenvalue weighted by atomic mass is 32.2. The van der Waals surface area contributed by atoms with Gasteiger partial charge in [-0.25, -0.2) is 27.2 Å². The van der Waals surface area contributed by atoms with E-state index < -0.39 is 26.9 Å². The van der Waals surface area contributed by atoms with Crippen molar-refractivity contribution in [1.29, 1.82) is 0 Å². The Morgan fingerprint density at radius 2 is 1.66 bits per heavy atom. The van der Waals surface area contributed by atoms with Crippen molar-refractivity contribution in [2.45, 2.75) is 64.5 Å². The SMILES string of the molecule is CC.CC[C@H]1CC[C@](CC)(c2cccc(-c3cnc(CS(C)(=O)=O)nc3)n2)C2=C1C=C(c1c(F)cccc1F)NN2. The number of benzene rings is 1. The van der Waals surface area contributed by atoms with Crippen LogP contribution < -0.4 is 10.9 Å². The number of aromatic nitrogens is 3. The monoisotopic (exact) mass is 581 g/mol. The fourth-order valence-corrected chi connectivity index (χ4v) is 6.27. The number of hydrogen-bond acceptors (Lipinski definition) is 7. The van der Waals surface area contributed by atoms with Gasteiger partial charge < -0.3 is 10.9 Å². The number of sulfone groups is 1. The second-order valence-electron chi connectivity index (χ2n) is 10.2. The molecule has 7 nitrogen and oxygen atoms in total. The summed E-state index contributed by atoms with van der Waals surface area (Å²) in [4.78, 5) is 13.5. The van der Waals surface area contributed by atoms with Crippen molar-refractivity contribution in [3.63, 3.8) is 0 Å². The zero-order valence-corrected chi connectivity index (χ0v) is 24.9. The molecular weight excluding hydrogens is 544 g/mol. The summed E-state index contributed by atoms with van der Waals surface area (Å²) >= 11 is 0. The predicted molar refractivity (Wildman–Crippen MR) is 158 cm³/mol. The first kappa shape index (κ1) is 30.3. The Bertz CT molecular complexity index is 1550. The smallest absolute Gasteiger partial charge is 0.154 e. The average molecular weight is 582 g/mol. The van der Waals surface area contributed by atoms with Crippen LogP contribution in [0.15, 0.2) is 66.1 Å². The van der Waals surface area contributed by atoms with Crippen LogP contribution in [0, 0.1) is 17.6 Å². The molecule has 1 aliphatic carbocycles. The van der Waals surface area contributed by atoms with Crippen molar-refractivity contribution in [3.05, 3.63) is 94.9 Å². The Hall–Kier alpha value is -3.66. The Labute approximate surface area is 241 Å². The highest BCUT2D eigenvalue weighted by Gasteiger charge is 2.44. The quantitative estimate of drug-likeness (QED) is 0.340. The third-order valence-electron chi connectivity index (χ3n) is 7.71. The molecule has 5 rings (SSSR count). The highest BCUT2D eigenvalue weighted by Crippen LogP contribution is 2.48. The van der Waals surface area contributed by atoms with Crippen molar-refractivity contribution in [2.75, 3.05) is 6.26 Å². The maximum atomic E-state index is 14.6. The molecule has 218 valence electrons. The standard InChI is InChI=1S/C29H31F2N5O2S.C2H6/c1-4-18-12-13-29(5-2,28-20(18)14-24(35-36-28)27-21(30)8-6-9-22(27)31)25-11-7-10-23(34-25)19-15-32-26(33-16-19)17-39(3,37)38;1-2/h6-11,14-16,18,35-36H,4-5,12-13,17H2,1-3H3;1-2H3/t18-,29+;/m0./s1. The van der Waals surface area contributed by atoms with Gasteiger partial charge in [-0.05, 0) is 67.5 Å². The number of halogens is 2. The summed E-state index contributed by atoms with van der Waals surface area (Å²) in [6, 6.07) is 9.69. The number of pyridine rings is 1. The second kappa shape index (κ2) is 12.5. The number of rotatable bonds is 7. The molecule has 2 N–H and O–H groups in total. The van der Waals surface area contributed by atoms with Crippen LogP contribution in [0.1, 0.15) is 70.5 Å². The van der Waals surface area contributed by atoms with Gasteiger partial charge in [-0.1, -0.05) is 39.8 Å². The summed E-state index contributed by atoms with van der Waals surface area (Å²) in [6.07, 6.45) is 9.63. The number of nitrogens with zero attached hydrogens (tertiary/aromatic N) is 3. The number of nitrogens with one attached hydrogen (secondary N) is 2. The Morgan fingerprint density at radius 3 is 2.27 bits per heavy atom. The van der Waals surface area contributed by atoms with Crippen LogP contribution in [-0.2, 0) is 21.0 Å².